The summed E-state index contributed by atoms with van der Waals surface area (Å²) < 4.78 is 0. The zero-order chi connectivity index (χ0) is 13.5. The van der Waals surface area contributed by atoms with E-state index in [1.807, 2.05) is 11.8 Å². The topological polar surface area (TPSA) is 23.5 Å². The van der Waals surface area contributed by atoms with Gasteiger partial charge in [0.1, 0.15) is 0 Å². The van der Waals surface area contributed by atoms with Gasteiger partial charge in [-0.2, -0.15) is 0 Å². The second kappa shape index (κ2) is 7.82. The van der Waals surface area contributed by atoms with Gasteiger partial charge in [-0.25, -0.2) is 0 Å². The molecule has 1 rings (SSSR count). The van der Waals surface area contributed by atoms with Gasteiger partial charge in [0, 0.05) is 17.5 Å². The van der Waals surface area contributed by atoms with Crippen molar-refractivity contribution in [2.75, 3.05) is 19.4 Å². The fourth-order valence-corrected chi connectivity index (χ4v) is 2.78. The van der Waals surface area contributed by atoms with Crippen molar-refractivity contribution in [2.24, 2.45) is 5.92 Å². The summed E-state index contributed by atoms with van der Waals surface area (Å²) in [6.07, 6.45) is 0. The first-order valence-electron chi connectivity index (χ1n) is 6.61. The zero-order valence-electron chi connectivity index (χ0n) is 11.9. The van der Waals surface area contributed by atoms with Gasteiger partial charge in [0.2, 0.25) is 0 Å². The molecular weight excluding hydrogens is 242 g/mol. The summed E-state index contributed by atoms with van der Waals surface area (Å²) in [5.41, 5.74) is 1.30. The molecule has 3 heteroatoms. The van der Waals surface area contributed by atoms with Gasteiger partial charge in [-0.15, -0.1) is 11.8 Å². The molecule has 0 aliphatic heterocycles. The summed E-state index contributed by atoms with van der Waals surface area (Å²) in [4.78, 5) is 3.55. The minimum Gasteiger partial charge on any atom is -0.395 e. The summed E-state index contributed by atoms with van der Waals surface area (Å²) in [6.45, 7) is 7.58. The SMILES string of the molecule is CCSc1ccc(CN(C)C(CO)C(C)C)cc1. The Bertz CT molecular complexity index is 337. The highest BCUT2D eigenvalue weighted by Gasteiger charge is 2.17. The van der Waals surface area contributed by atoms with E-state index in [4.69, 9.17) is 0 Å². The summed E-state index contributed by atoms with van der Waals surface area (Å²) >= 11 is 1.86. The number of hydrogen-bond donors (Lipinski definition) is 1. The van der Waals surface area contributed by atoms with Crippen molar-refractivity contribution < 1.29 is 5.11 Å². The van der Waals surface area contributed by atoms with E-state index in [1.54, 1.807) is 0 Å². The Labute approximate surface area is 115 Å². The zero-order valence-corrected chi connectivity index (χ0v) is 12.7. The molecule has 0 aromatic heterocycles. The number of benzene rings is 1. The van der Waals surface area contributed by atoms with Gasteiger partial charge < -0.3 is 5.11 Å². The van der Waals surface area contributed by atoms with Gasteiger partial charge in [0.25, 0.3) is 0 Å². The van der Waals surface area contributed by atoms with Gasteiger partial charge in [0.05, 0.1) is 6.61 Å². The van der Waals surface area contributed by atoms with Crippen LogP contribution in [-0.4, -0.2) is 35.5 Å². The van der Waals surface area contributed by atoms with Crippen LogP contribution in [0.25, 0.3) is 0 Å². The third-order valence-corrected chi connectivity index (χ3v) is 4.08. The first-order valence-corrected chi connectivity index (χ1v) is 7.59. The Morgan fingerprint density at radius 3 is 2.28 bits per heavy atom. The molecule has 0 radical (unpaired) electrons. The van der Waals surface area contributed by atoms with Crippen molar-refractivity contribution in [3.63, 3.8) is 0 Å². The van der Waals surface area contributed by atoms with Gasteiger partial charge in [-0.3, -0.25) is 4.90 Å². The molecule has 1 N–H and O–H groups in total. The lowest BCUT2D eigenvalue weighted by atomic mass is 10.0. The van der Waals surface area contributed by atoms with Crippen LogP contribution in [0.4, 0.5) is 0 Å². The molecule has 0 spiro atoms. The van der Waals surface area contributed by atoms with Crippen LogP contribution in [0.15, 0.2) is 29.2 Å². The van der Waals surface area contributed by atoms with Crippen LogP contribution in [0.5, 0.6) is 0 Å². The smallest absolute Gasteiger partial charge is 0.0589 e. The molecule has 0 saturated carbocycles. The number of nitrogens with zero attached hydrogens (tertiary/aromatic N) is 1. The van der Waals surface area contributed by atoms with Crippen LogP contribution in [0.2, 0.25) is 0 Å². The number of aliphatic hydroxyl groups excluding tert-OH is 1. The number of rotatable bonds is 7. The molecule has 0 saturated heterocycles. The predicted octanol–water partition coefficient (Wildman–Crippen LogP) is 3.25. The maximum atomic E-state index is 9.41. The number of hydrogen-bond acceptors (Lipinski definition) is 3. The van der Waals surface area contributed by atoms with Crippen molar-refractivity contribution in [2.45, 2.75) is 38.3 Å². The standard InChI is InChI=1S/C15H25NOS/c1-5-18-14-8-6-13(7-9-14)10-16(4)15(11-17)12(2)3/h6-9,12,15,17H,5,10-11H2,1-4H3. The maximum absolute atomic E-state index is 9.41. The van der Waals surface area contributed by atoms with Gasteiger partial charge in [-0.05, 0) is 36.4 Å². The summed E-state index contributed by atoms with van der Waals surface area (Å²) in [7, 11) is 2.08. The largest absolute Gasteiger partial charge is 0.395 e. The second-order valence-corrected chi connectivity index (χ2v) is 6.32. The average molecular weight is 267 g/mol. The van der Waals surface area contributed by atoms with Crippen LogP contribution >= 0.6 is 11.8 Å². The van der Waals surface area contributed by atoms with Crippen molar-refractivity contribution in [1.29, 1.82) is 0 Å². The third kappa shape index (κ3) is 4.63. The Morgan fingerprint density at radius 2 is 1.83 bits per heavy atom. The lowest BCUT2D eigenvalue weighted by Gasteiger charge is -2.29. The summed E-state index contributed by atoms with van der Waals surface area (Å²) in [5.74, 6) is 1.58. The summed E-state index contributed by atoms with van der Waals surface area (Å²) in [5, 5.41) is 9.41. The molecule has 0 heterocycles. The highest BCUT2D eigenvalue weighted by atomic mass is 32.2. The van der Waals surface area contributed by atoms with Gasteiger partial charge in [-0.1, -0.05) is 32.9 Å². The van der Waals surface area contributed by atoms with E-state index in [9.17, 15) is 5.11 Å². The Morgan fingerprint density at radius 1 is 1.22 bits per heavy atom. The number of aliphatic hydroxyl groups is 1. The molecule has 0 aliphatic carbocycles. The molecule has 1 unspecified atom stereocenters. The van der Waals surface area contributed by atoms with Crippen LogP contribution < -0.4 is 0 Å². The number of likely N-dealkylation sites (N-methyl/N-ethyl adjacent to an activating group) is 1. The average Bonchev–Trinajstić information content (AvgIpc) is 2.32. The van der Waals surface area contributed by atoms with Crippen molar-refractivity contribution in [3.05, 3.63) is 29.8 Å². The molecule has 0 amide bonds. The normalized spacial score (nSPS) is 13.3. The van der Waals surface area contributed by atoms with Crippen LogP contribution in [0, 0.1) is 5.92 Å². The van der Waals surface area contributed by atoms with E-state index in [-0.39, 0.29) is 12.6 Å². The Balaban J connectivity index is 2.60. The van der Waals surface area contributed by atoms with Crippen LogP contribution in [0.3, 0.4) is 0 Å². The molecule has 0 aliphatic rings. The number of thioether (sulfide) groups is 1. The molecule has 1 aromatic rings. The second-order valence-electron chi connectivity index (χ2n) is 4.99. The maximum Gasteiger partial charge on any atom is 0.0589 e. The molecule has 1 aromatic carbocycles. The van der Waals surface area contributed by atoms with Crippen LogP contribution in [-0.2, 0) is 6.54 Å². The van der Waals surface area contributed by atoms with Crippen molar-refractivity contribution >= 4 is 11.8 Å². The molecular formula is C15H25NOS. The lowest BCUT2D eigenvalue weighted by molar-refractivity contribution is 0.108. The molecule has 2 nitrogen and oxygen atoms in total. The quantitative estimate of drug-likeness (QED) is 0.767. The van der Waals surface area contributed by atoms with E-state index in [0.717, 1.165) is 12.3 Å². The molecule has 18 heavy (non-hydrogen) atoms. The van der Waals surface area contributed by atoms with Crippen molar-refractivity contribution in [1.82, 2.24) is 4.90 Å². The lowest BCUT2D eigenvalue weighted by Crippen LogP contribution is -2.38. The first kappa shape index (κ1) is 15.5. The Kier molecular flexibility index (Phi) is 6.76. The van der Waals surface area contributed by atoms with E-state index in [2.05, 4.69) is 57.0 Å². The molecule has 1 atom stereocenters. The highest BCUT2D eigenvalue weighted by Crippen LogP contribution is 2.19. The van der Waals surface area contributed by atoms with Crippen LogP contribution in [0.1, 0.15) is 26.3 Å². The minimum absolute atomic E-state index is 0.220. The minimum atomic E-state index is 0.220. The Hall–Kier alpha value is -0.510. The van der Waals surface area contributed by atoms with E-state index in [1.165, 1.54) is 10.5 Å². The van der Waals surface area contributed by atoms with Gasteiger partial charge in [0.15, 0.2) is 0 Å². The molecule has 102 valence electrons. The first-order chi connectivity index (χ1) is 8.58. The molecule has 0 fully saturated rings. The van der Waals surface area contributed by atoms with E-state index in [0.29, 0.717) is 5.92 Å². The predicted molar refractivity (Wildman–Crippen MR) is 80.0 cm³/mol. The summed E-state index contributed by atoms with van der Waals surface area (Å²) in [6, 6.07) is 8.96. The highest BCUT2D eigenvalue weighted by molar-refractivity contribution is 7.99. The van der Waals surface area contributed by atoms with E-state index >= 15 is 0 Å². The monoisotopic (exact) mass is 267 g/mol. The fourth-order valence-electron chi connectivity index (χ4n) is 2.12. The van der Waals surface area contributed by atoms with E-state index < -0.39 is 0 Å². The van der Waals surface area contributed by atoms with Gasteiger partial charge >= 0.3 is 0 Å². The third-order valence-electron chi connectivity index (χ3n) is 3.19. The van der Waals surface area contributed by atoms with Crippen molar-refractivity contribution in [3.8, 4) is 0 Å². The fraction of sp³-hybridized carbons (Fsp3) is 0.600. The molecule has 0 bridgehead atoms.